The van der Waals surface area contributed by atoms with Crippen molar-refractivity contribution in [3.63, 3.8) is 0 Å². The number of hydrogen-bond donors (Lipinski definition) is 1. The minimum absolute atomic E-state index is 0.687. The third-order valence-electron chi connectivity index (χ3n) is 2.25. The largest absolute Gasteiger partial charge is 0.380 e. The summed E-state index contributed by atoms with van der Waals surface area (Å²) in [5.41, 5.74) is 2.04. The van der Waals surface area contributed by atoms with Crippen molar-refractivity contribution in [2.45, 2.75) is 6.54 Å². The highest BCUT2D eigenvalue weighted by Gasteiger charge is 2.01. The van der Waals surface area contributed by atoms with E-state index >= 15 is 0 Å². The molecule has 17 heavy (non-hydrogen) atoms. The van der Waals surface area contributed by atoms with Crippen LogP contribution in [-0.4, -0.2) is 9.78 Å². The number of nitrogens with one attached hydrogen (secondary N) is 1. The second-order valence-electron chi connectivity index (χ2n) is 3.49. The number of halogens is 2. The van der Waals surface area contributed by atoms with Crippen LogP contribution in [0.4, 0.5) is 5.69 Å². The third kappa shape index (κ3) is 3.11. The molecule has 88 valence electrons. The molecule has 1 aromatic heterocycles. The van der Waals surface area contributed by atoms with Crippen LogP contribution in [0.15, 0.2) is 41.6 Å². The van der Waals surface area contributed by atoms with E-state index in [0.717, 1.165) is 15.7 Å². The van der Waals surface area contributed by atoms with Crippen molar-refractivity contribution < 1.29 is 0 Å². The van der Waals surface area contributed by atoms with Crippen LogP contribution in [0.5, 0.6) is 0 Å². The van der Waals surface area contributed by atoms with E-state index in [1.807, 2.05) is 24.4 Å². The van der Waals surface area contributed by atoms with Crippen molar-refractivity contribution in [2.24, 2.45) is 0 Å². The molecule has 3 nitrogen and oxygen atoms in total. The van der Waals surface area contributed by atoms with Crippen LogP contribution >= 0.6 is 27.5 Å². The van der Waals surface area contributed by atoms with Gasteiger partial charge in [0.25, 0.3) is 0 Å². The second-order valence-corrected chi connectivity index (χ2v) is 4.78. The highest BCUT2D eigenvalue weighted by molar-refractivity contribution is 9.10. The Morgan fingerprint density at radius 3 is 3.06 bits per heavy atom. The lowest BCUT2D eigenvalue weighted by molar-refractivity contribution is 0.936. The number of rotatable bonds is 4. The monoisotopic (exact) mass is 311 g/mol. The number of aromatic nitrogens is 2. The molecular formula is C12H11BrClN3. The molecule has 0 amide bonds. The molecule has 0 aliphatic carbocycles. The van der Waals surface area contributed by atoms with Gasteiger partial charge in [0.1, 0.15) is 0 Å². The summed E-state index contributed by atoms with van der Waals surface area (Å²) in [7, 11) is 0. The molecule has 0 aliphatic rings. The van der Waals surface area contributed by atoms with Gasteiger partial charge in [0.15, 0.2) is 0 Å². The molecule has 1 N–H and O–H groups in total. The molecule has 0 unspecified atom stereocenters. The zero-order valence-electron chi connectivity index (χ0n) is 9.03. The maximum atomic E-state index is 5.93. The van der Waals surface area contributed by atoms with Crippen LogP contribution in [0, 0.1) is 0 Å². The fraction of sp³-hybridized carbons (Fsp3) is 0.0833. The molecule has 2 aromatic rings. The number of hydrogen-bond acceptors (Lipinski definition) is 2. The van der Waals surface area contributed by atoms with Crippen molar-refractivity contribution in [3.05, 3.63) is 52.2 Å². The maximum absolute atomic E-state index is 5.93. The summed E-state index contributed by atoms with van der Waals surface area (Å²) < 4.78 is 2.65. The summed E-state index contributed by atoms with van der Waals surface area (Å²) in [6.45, 7) is 4.33. The number of nitrogens with zero attached hydrogens (tertiary/aromatic N) is 2. The van der Waals surface area contributed by atoms with Gasteiger partial charge >= 0.3 is 0 Å². The lowest BCUT2D eigenvalue weighted by atomic mass is 10.3. The van der Waals surface area contributed by atoms with Crippen LogP contribution in [-0.2, 0) is 6.54 Å². The Kier molecular flexibility index (Phi) is 3.86. The van der Waals surface area contributed by atoms with Gasteiger partial charge < -0.3 is 5.32 Å². The summed E-state index contributed by atoms with van der Waals surface area (Å²) in [6.07, 6.45) is 5.37. The van der Waals surface area contributed by atoms with Gasteiger partial charge in [0.05, 0.1) is 11.9 Å². The molecule has 0 bridgehead atoms. The molecule has 0 atom stereocenters. The fourth-order valence-corrected chi connectivity index (χ4v) is 1.96. The normalized spacial score (nSPS) is 10.2. The topological polar surface area (TPSA) is 29.9 Å². The van der Waals surface area contributed by atoms with Crippen LogP contribution in [0.25, 0.3) is 6.20 Å². The highest BCUT2D eigenvalue weighted by Crippen LogP contribution is 2.26. The molecule has 0 radical (unpaired) electrons. The van der Waals surface area contributed by atoms with Crippen LogP contribution in [0.1, 0.15) is 5.56 Å². The van der Waals surface area contributed by atoms with Gasteiger partial charge in [0, 0.05) is 34.0 Å². The van der Waals surface area contributed by atoms with Gasteiger partial charge in [-0.05, 0) is 34.1 Å². The molecule has 5 heteroatoms. The predicted octanol–water partition coefficient (Wildman–Crippen LogP) is 4.01. The average molecular weight is 313 g/mol. The number of anilines is 1. The predicted molar refractivity (Wildman–Crippen MR) is 75.1 cm³/mol. The Hall–Kier alpha value is -1.26. The first kappa shape index (κ1) is 12.2. The van der Waals surface area contributed by atoms with E-state index in [-0.39, 0.29) is 0 Å². The van der Waals surface area contributed by atoms with Crippen molar-refractivity contribution >= 4 is 39.4 Å². The van der Waals surface area contributed by atoms with Crippen LogP contribution in [0.3, 0.4) is 0 Å². The van der Waals surface area contributed by atoms with Crippen molar-refractivity contribution in [1.29, 1.82) is 0 Å². The summed E-state index contributed by atoms with van der Waals surface area (Å²) in [5.74, 6) is 0. The summed E-state index contributed by atoms with van der Waals surface area (Å²) in [6, 6.07) is 5.63. The first-order valence-electron chi connectivity index (χ1n) is 5.03. The van der Waals surface area contributed by atoms with E-state index in [1.54, 1.807) is 17.1 Å². The maximum Gasteiger partial charge on any atom is 0.0543 e. The van der Waals surface area contributed by atoms with Gasteiger partial charge in [-0.25, -0.2) is 4.68 Å². The Bertz CT molecular complexity index is 536. The van der Waals surface area contributed by atoms with E-state index in [2.05, 4.69) is 32.9 Å². The molecule has 2 rings (SSSR count). The smallest absolute Gasteiger partial charge is 0.0543 e. The fourth-order valence-electron chi connectivity index (χ4n) is 1.40. The van der Waals surface area contributed by atoms with Crippen LogP contribution in [0.2, 0.25) is 5.02 Å². The van der Waals surface area contributed by atoms with Gasteiger partial charge in [-0.2, -0.15) is 5.10 Å². The summed E-state index contributed by atoms with van der Waals surface area (Å²) >= 11 is 9.40. The van der Waals surface area contributed by atoms with E-state index in [9.17, 15) is 0 Å². The summed E-state index contributed by atoms with van der Waals surface area (Å²) in [5, 5.41) is 8.10. The molecule has 0 saturated carbocycles. The Labute approximate surface area is 113 Å². The van der Waals surface area contributed by atoms with E-state index in [0.29, 0.717) is 11.6 Å². The quantitative estimate of drug-likeness (QED) is 0.924. The van der Waals surface area contributed by atoms with Crippen molar-refractivity contribution in [3.8, 4) is 0 Å². The van der Waals surface area contributed by atoms with Crippen LogP contribution < -0.4 is 5.32 Å². The van der Waals surface area contributed by atoms with E-state index in [4.69, 9.17) is 11.6 Å². The zero-order valence-corrected chi connectivity index (χ0v) is 11.4. The zero-order chi connectivity index (χ0) is 12.3. The van der Waals surface area contributed by atoms with Crippen molar-refractivity contribution in [1.82, 2.24) is 9.78 Å². The molecule has 0 spiro atoms. The van der Waals surface area contributed by atoms with E-state index in [1.165, 1.54) is 0 Å². The molecule has 0 fully saturated rings. The molecule has 0 aliphatic heterocycles. The molecule has 0 saturated heterocycles. The minimum atomic E-state index is 0.687. The van der Waals surface area contributed by atoms with Crippen molar-refractivity contribution in [2.75, 3.05) is 5.32 Å². The van der Waals surface area contributed by atoms with Gasteiger partial charge in [-0.1, -0.05) is 18.2 Å². The first-order valence-corrected chi connectivity index (χ1v) is 6.20. The SMILES string of the molecule is C=Cn1cc(CNc2cc(Cl)ccc2Br)cn1. The minimum Gasteiger partial charge on any atom is -0.380 e. The third-order valence-corrected chi connectivity index (χ3v) is 3.18. The standard InChI is InChI=1S/C12H11BrClN3/c1-2-17-8-9(7-16-17)6-15-12-5-10(14)3-4-11(12)13/h2-5,7-8,15H,1,6H2. The van der Waals surface area contributed by atoms with E-state index < -0.39 is 0 Å². The molecule has 1 heterocycles. The second kappa shape index (κ2) is 5.38. The lowest BCUT2D eigenvalue weighted by Crippen LogP contribution is -1.99. The first-order chi connectivity index (χ1) is 8.19. The Morgan fingerprint density at radius 1 is 1.53 bits per heavy atom. The highest BCUT2D eigenvalue weighted by atomic mass is 79.9. The Balaban J connectivity index is 2.06. The lowest BCUT2D eigenvalue weighted by Gasteiger charge is -2.07. The Morgan fingerprint density at radius 2 is 2.35 bits per heavy atom. The van der Waals surface area contributed by atoms with Gasteiger partial charge in [-0.15, -0.1) is 0 Å². The molecular weight excluding hydrogens is 302 g/mol. The summed E-state index contributed by atoms with van der Waals surface area (Å²) in [4.78, 5) is 0. The average Bonchev–Trinajstić information content (AvgIpc) is 2.78. The van der Waals surface area contributed by atoms with Gasteiger partial charge in [-0.3, -0.25) is 0 Å². The van der Waals surface area contributed by atoms with Gasteiger partial charge in [0.2, 0.25) is 0 Å². The molecule has 1 aromatic carbocycles. The number of benzene rings is 1.